The lowest BCUT2D eigenvalue weighted by Crippen LogP contribution is -2.47. The first-order chi connectivity index (χ1) is 10.7. The van der Waals surface area contributed by atoms with Gasteiger partial charge in [0.05, 0.1) is 0 Å². The van der Waals surface area contributed by atoms with Gasteiger partial charge in [-0.05, 0) is 24.6 Å². The summed E-state index contributed by atoms with van der Waals surface area (Å²) < 4.78 is -0.589. The van der Waals surface area contributed by atoms with Gasteiger partial charge >= 0.3 is 0 Å². The summed E-state index contributed by atoms with van der Waals surface area (Å²) in [6.07, 6.45) is 1.04. The number of hydrogen-bond donors (Lipinski definition) is 0. The lowest BCUT2D eigenvalue weighted by Gasteiger charge is -2.26. The molecule has 1 saturated carbocycles. The number of carbonyl (C=O) groups excluding carboxylic acids is 2. The summed E-state index contributed by atoms with van der Waals surface area (Å²) in [7, 11) is 1.63. The molecule has 2 aliphatic rings. The zero-order chi connectivity index (χ0) is 17.0. The molecule has 23 heavy (non-hydrogen) atoms. The van der Waals surface area contributed by atoms with Gasteiger partial charge in [0, 0.05) is 30.7 Å². The number of nitrogens with zero attached hydrogens (tertiary/aromatic N) is 2. The number of alkyl halides is 3. The van der Waals surface area contributed by atoms with E-state index in [9.17, 15) is 9.59 Å². The molecule has 1 aromatic rings. The van der Waals surface area contributed by atoms with Gasteiger partial charge < -0.3 is 9.80 Å². The minimum absolute atomic E-state index is 0.112. The van der Waals surface area contributed by atoms with Gasteiger partial charge in [0.25, 0.3) is 0 Å². The second-order valence-corrected chi connectivity index (χ2v) is 10.7. The number of carbonyl (C=O) groups is 2. The minimum atomic E-state index is -1.04. The van der Waals surface area contributed by atoms with Crippen LogP contribution in [-0.2, 0) is 9.59 Å². The normalized spacial score (nSPS) is 28.8. The first kappa shape index (κ1) is 17.5. The van der Waals surface area contributed by atoms with Gasteiger partial charge in [0.15, 0.2) is 4.87 Å². The van der Waals surface area contributed by atoms with Crippen LogP contribution in [-0.4, -0.2) is 44.5 Å². The zero-order valence-electron chi connectivity index (χ0n) is 12.2. The number of anilines is 1. The molecule has 2 atom stereocenters. The average Bonchev–Trinajstić information content (AvgIpc) is 2.81. The summed E-state index contributed by atoms with van der Waals surface area (Å²) in [6.45, 7) is 0.546. The maximum atomic E-state index is 12.7. The van der Waals surface area contributed by atoms with Crippen molar-refractivity contribution in [3.8, 4) is 0 Å². The van der Waals surface area contributed by atoms with E-state index < -0.39 is 14.1 Å². The Labute approximate surface area is 161 Å². The topological polar surface area (TPSA) is 40.6 Å². The number of benzene rings is 1. The van der Waals surface area contributed by atoms with Gasteiger partial charge in [-0.3, -0.25) is 9.59 Å². The molecular weight excluding hydrogens is 471 g/mol. The maximum Gasteiger partial charge on any atom is 0.249 e. The number of halogens is 4. The summed E-state index contributed by atoms with van der Waals surface area (Å²) in [4.78, 5) is 27.4. The molecule has 0 spiro atoms. The summed E-state index contributed by atoms with van der Waals surface area (Å²) >= 11 is 19.1. The maximum absolute atomic E-state index is 12.7. The van der Waals surface area contributed by atoms with E-state index in [0.717, 1.165) is 5.69 Å². The third-order valence-corrected chi connectivity index (χ3v) is 7.57. The first-order valence-electron chi connectivity index (χ1n) is 7.08. The fraction of sp³-hybridized carbons (Fsp3) is 0.467. The average molecular weight is 485 g/mol. The second kappa shape index (κ2) is 5.90. The summed E-state index contributed by atoms with van der Waals surface area (Å²) in [5, 5.41) is 0.573. The quantitative estimate of drug-likeness (QED) is 0.613. The molecule has 1 aliphatic heterocycles. The van der Waals surface area contributed by atoms with Crippen molar-refractivity contribution in [1.82, 2.24) is 4.90 Å². The van der Waals surface area contributed by atoms with Gasteiger partial charge in [0.2, 0.25) is 11.8 Å². The Balaban J connectivity index is 1.76. The Bertz CT molecular complexity index is 685. The van der Waals surface area contributed by atoms with Gasteiger partial charge in [-0.2, -0.15) is 0 Å². The van der Waals surface area contributed by atoms with Crippen LogP contribution in [0.2, 0.25) is 5.02 Å². The molecule has 1 aromatic carbocycles. The van der Waals surface area contributed by atoms with Crippen LogP contribution in [0.4, 0.5) is 5.69 Å². The Kier molecular flexibility index (Phi) is 4.49. The van der Waals surface area contributed by atoms with E-state index in [-0.39, 0.29) is 11.8 Å². The number of hydrogen-bond acceptors (Lipinski definition) is 2. The zero-order valence-corrected chi connectivity index (χ0v) is 16.9. The van der Waals surface area contributed by atoms with Crippen molar-refractivity contribution in [3.05, 3.63) is 29.3 Å². The van der Waals surface area contributed by atoms with Crippen LogP contribution in [0.5, 0.6) is 0 Å². The highest BCUT2D eigenvalue weighted by Crippen LogP contribution is 2.64. The lowest BCUT2D eigenvalue weighted by atomic mass is 10.2. The number of likely N-dealkylation sites (N-methyl/N-ethyl adjacent to an activating group) is 1. The number of rotatable bonds is 3. The Morgan fingerprint density at radius 1 is 1.43 bits per heavy atom. The van der Waals surface area contributed by atoms with E-state index in [2.05, 4.69) is 31.9 Å². The van der Waals surface area contributed by atoms with Crippen LogP contribution in [0.15, 0.2) is 24.3 Å². The van der Waals surface area contributed by atoms with Crippen molar-refractivity contribution in [3.63, 3.8) is 0 Å². The third kappa shape index (κ3) is 2.92. The van der Waals surface area contributed by atoms with Crippen LogP contribution in [0.1, 0.15) is 12.8 Å². The van der Waals surface area contributed by atoms with E-state index in [0.29, 0.717) is 24.4 Å². The molecule has 1 aliphatic carbocycles. The molecule has 3 rings (SSSR count). The van der Waals surface area contributed by atoms with Crippen LogP contribution in [0, 0.1) is 0 Å². The summed E-state index contributed by atoms with van der Waals surface area (Å²) in [5.41, 5.74) is 0.744. The molecule has 2 amide bonds. The molecular formula is C15H14Br2Cl2N2O2. The standard InChI is InChI=1S/C15H14Br2Cl2N2O2/c1-20(13(23)14(19)8-15(14,16)17)11-5-6-21(12(11)22)10-4-2-3-9(18)7-10/h2-4,7,11H,5-6,8H2,1H3. The molecule has 0 aromatic heterocycles. The van der Waals surface area contributed by atoms with E-state index >= 15 is 0 Å². The van der Waals surface area contributed by atoms with Gasteiger partial charge in [-0.15, -0.1) is 11.6 Å². The van der Waals surface area contributed by atoms with Crippen molar-refractivity contribution >= 4 is 72.6 Å². The van der Waals surface area contributed by atoms with Crippen molar-refractivity contribution in [1.29, 1.82) is 0 Å². The summed E-state index contributed by atoms with van der Waals surface area (Å²) in [6, 6.07) is 6.63. The molecule has 2 unspecified atom stereocenters. The molecule has 124 valence electrons. The fourth-order valence-corrected chi connectivity index (χ4v) is 4.86. The van der Waals surface area contributed by atoms with Crippen LogP contribution < -0.4 is 4.90 Å². The molecule has 0 bridgehead atoms. The predicted molar refractivity (Wildman–Crippen MR) is 98.8 cm³/mol. The molecule has 1 saturated heterocycles. The molecule has 2 fully saturated rings. The van der Waals surface area contributed by atoms with Crippen molar-refractivity contribution in [2.75, 3.05) is 18.5 Å². The predicted octanol–water partition coefficient (Wildman–Crippen LogP) is 3.77. The van der Waals surface area contributed by atoms with Crippen LogP contribution in [0.25, 0.3) is 0 Å². The monoisotopic (exact) mass is 482 g/mol. The first-order valence-corrected chi connectivity index (χ1v) is 9.42. The third-order valence-electron chi connectivity index (χ3n) is 4.34. The van der Waals surface area contributed by atoms with Crippen molar-refractivity contribution < 1.29 is 9.59 Å². The molecule has 0 radical (unpaired) electrons. The van der Waals surface area contributed by atoms with Gasteiger partial charge in [-0.1, -0.05) is 49.5 Å². The second-order valence-electron chi connectivity index (χ2n) is 5.87. The van der Waals surface area contributed by atoms with E-state index in [1.807, 2.05) is 6.07 Å². The van der Waals surface area contributed by atoms with Gasteiger partial charge in [0.1, 0.15) is 9.28 Å². The highest BCUT2D eigenvalue weighted by atomic mass is 79.9. The Hall–Kier alpha value is -0.300. The highest BCUT2D eigenvalue weighted by molar-refractivity contribution is 9.25. The van der Waals surface area contributed by atoms with Crippen molar-refractivity contribution in [2.24, 2.45) is 0 Å². The van der Waals surface area contributed by atoms with Crippen LogP contribution in [0.3, 0.4) is 0 Å². The SMILES string of the molecule is CN(C(=O)C1(Cl)CC1(Br)Br)C1CCN(c2cccc(Cl)c2)C1=O. The molecule has 4 nitrogen and oxygen atoms in total. The van der Waals surface area contributed by atoms with E-state index in [1.165, 1.54) is 4.90 Å². The molecule has 8 heteroatoms. The van der Waals surface area contributed by atoms with Crippen molar-refractivity contribution in [2.45, 2.75) is 27.0 Å². The fourth-order valence-electron chi connectivity index (χ4n) is 2.84. The molecule has 0 N–H and O–H groups in total. The minimum Gasteiger partial charge on any atom is -0.332 e. The molecule has 1 heterocycles. The lowest BCUT2D eigenvalue weighted by molar-refractivity contribution is -0.137. The van der Waals surface area contributed by atoms with Gasteiger partial charge in [-0.25, -0.2) is 0 Å². The summed E-state index contributed by atoms with van der Waals surface area (Å²) in [5.74, 6) is -0.363. The highest BCUT2D eigenvalue weighted by Gasteiger charge is 2.70. The Morgan fingerprint density at radius 3 is 2.65 bits per heavy atom. The smallest absolute Gasteiger partial charge is 0.249 e. The van der Waals surface area contributed by atoms with E-state index in [4.69, 9.17) is 23.2 Å². The number of amides is 2. The van der Waals surface area contributed by atoms with E-state index in [1.54, 1.807) is 30.1 Å². The largest absolute Gasteiger partial charge is 0.332 e. The van der Waals surface area contributed by atoms with Crippen LogP contribution >= 0.6 is 55.1 Å². The Morgan fingerprint density at radius 2 is 2.09 bits per heavy atom.